The highest BCUT2D eigenvalue weighted by atomic mass is 16.2. The lowest BCUT2D eigenvalue weighted by molar-refractivity contribution is -1.01. The molecule has 1 saturated carbocycles. The van der Waals surface area contributed by atoms with Gasteiger partial charge in [0, 0.05) is 11.7 Å². The number of benzene rings is 1. The van der Waals surface area contributed by atoms with Gasteiger partial charge in [0.2, 0.25) is 0 Å². The van der Waals surface area contributed by atoms with Crippen LogP contribution in [0, 0.1) is 25.7 Å². The fraction of sp³-hybridized carbons (Fsp3) is 0.680. The lowest BCUT2D eigenvalue weighted by Crippen LogP contribution is -3.30. The van der Waals surface area contributed by atoms with E-state index in [0.29, 0.717) is 24.4 Å². The van der Waals surface area contributed by atoms with E-state index < -0.39 is 0 Å². The van der Waals surface area contributed by atoms with Gasteiger partial charge in [0.15, 0.2) is 12.6 Å². The molecule has 4 atom stereocenters. The molecule has 0 aromatic heterocycles. The normalized spacial score (nSPS) is 29.8. The Morgan fingerprint density at radius 3 is 2.52 bits per heavy atom. The van der Waals surface area contributed by atoms with Crippen LogP contribution >= 0.6 is 0 Å². The SMILES string of the molecule is Cc1cccc(NC(=O)C[NH+]2CC[NH+]([C@H](C)C(=O)N[C@H]3CCC[C@H](C)[C@@H]3C)CC2)c1C. The van der Waals surface area contributed by atoms with Crippen molar-refractivity contribution in [2.45, 2.75) is 66.0 Å². The third-order valence-electron chi connectivity index (χ3n) is 7.93. The second-order valence-corrected chi connectivity index (χ2v) is 9.98. The van der Waals surface area contributed by atoms with Crippen LogP contribution in [0.1, 0.15) is 51.2 Å². The number of nitrogens with one attached hydrogen (secondary N) is 4. The fourth-order valence-corrected chi connectivity index (χ4v) is 5.12. The molecule has 3 rings (SSSR count). The van der Waals surface area contributed by atoms with Crippen molar-refractivity contribution in [3.63, 3.8) is 0 Å². The number of anilines is 1. The summed E-state index contributed by atoms with van der Waals surface area (Å²) in [6.45, 7) is 14.9. The number of rotatable bonds is 6. The van der Waals surface area contributed by atoms with Gasteiger partial charge in [-0.15, -0.1) is 0 Å². The van der Waals surface area contributed by atoms with Crippen LogP contribution in [0.5, 0.6) is 0 Å². The molecule has 6 heteroatoms. The Morgan fingerprint density at radius 1 is 1.10 bits per heavy atom. The molecule has 1 aromatic rings. The van der Waals surface area contributed by atoms with Gasteiger partial charge in [0.1, 0.15) is 26.2 Å². The van der Waals surface area contributed by atoms with Gasteiger partial charge in [-0.3, -0.25) is 9.59 Å². The van der Waals surface area contributed by atoms with Gasteiger partial charge in [-0.2, -0.15) is 0 Å². The summed E-state index contributed by atoms with van der Waals surface area (Å²) in [4.78, 5) is 28.1. The number of carbonyl (C=O) groups is 2. The third kappa shape index (κ3) is 6.07. The molecular formula is C25H42N4O2+2. The van der Waals surface area contributed by atoms with E-state index in [0.717, 1.165) is 43.9 Å². The highest BCUT2D eigenvalue weighted by Gasteiger charge is 2.34. The Balaban J connectivity index is 1.43. The topological polar surface area (TPSA) is 67.1 Å². The smallest absolute Gasteiger partial charge is 0.279 e. The maximum absolute atomic E-state index is 12.9. The lowest BCUT2D eigenvalue weighted by Gasteiger charge is -2.36. The Morgan fingerprint density at radius 2 is 1.81 bits per heavy atom. The summed E-state index contributed by atoms with van der Waals surface area (Å²) in [6.07, 6.45) is 3.59. The molecule has 1 saturated heterocycles. The Bertz CT molecular complexity index is 773. The zero-order valence-corrected chi connectivity index (χ0v) is 20.0. The van der Waals surface area contributed by atoms with Crippen molar-refractivity contribution < 1.29 is 19.4 Å². The van der Waals surface area contributed by atoms with Crippen LogP contribution in [0.3, 0.4) is 0 Å². The van der Waals surface area contributed by atoms with Gasteiger partial charge in [0.25, 0.3) is 11.8 Å². The van der Waals surface area contributed by atoms with E-state index in [9.17, 15) is 9.59 Å². The van der Waals surface area contributed by atoms with Crippen molar-refractivity contribution in [2.24, 2.45) is 11.8 Å². The molecule has 4 N–H and O–H groups in total. The summed E-state index contributed by atoms with van der Waals surface area (Å²) < 4.78 is 0. The Labute approximate surface area is 187 Å². The van der Waals surface area contributed by atoms with Crippen LogP contribution in [0.25, 0.3) is 0 Å². The number of aryl methyl sites for hydroxylation is 1. The van der Waals surface area contributed by atoms with Gasteiger partial charge in [0.05, 0.1) is 0 Å². The highest BCUT2D eigenvalue weighted by Crippen LogP contribution is 2.29. The van der Waals surface area contributed by atoms with E-state index in [1.54, 1.807) is 0 Å². The monoisotopic (exact) mass is 430 g/mol. The molecule has 172 valence electrons. The fourth-order valence-electron chi connectivity index (χ4n) is 5.12. The van der Waals surface area contributed by atoms with Crippen LogP contribution < -0.4 is 20.4 Å². The minimum atomic E-state index is -0.0326. The average molecular weight is 431 g/mol. The Hall–Kier alpha value is -1.92. The first kappa shape index (κ1) is 23.7. The summed E-state index contributed by atoms with van der Waals surface area (Å²) in [6, 6.07) is 6.29. The molecule has 2 amide bonds. The molecule has 2 aliphatic rings. The maximum Gasteiger partial charge on any atom is 0.279 e. The van der Waals surface area contributed by atoms with Crippen molar-refractivity contribution >= 4 is 17.5 Å². The van der Waals surface area contributed by atoms with E-state index in [1.807, 2.05) is 19.1 Å². The minimum Gasteiger partial charge on any atom is -0.348 e. The van der Waals surface area contributed by atoms with Gasteiger partial charge < -0.3 is 20.4 Å². The molecule has 6 nitrogen and oxygen atoms in total. The summed E-state index contributed by atoms with van der Waals surface area (Å²) >= 11 is 0. The molecule has 31 heavy (non-hydrogen) atoms. The van der Waals surface area contributed by atoms with Crippen molar-refractivity contribution in [2.75, 3.05) is 38.0 Å². The molecule has 1 aliphatic carbocycles. The van der Waals surface area contributed by atoms with Crippen LogP contribution in [-0.4, -0.2) is 56.6 Å². The number of amides is 2. The van der Waals surface area contributed by atoms with Crippen molar-refractivity contribution in [3.05, 3.63) is 29.3 Å². The summed E-state index contributed by atoms with van der Waals surface area (Å²) in [5, 5.41) is 6.42. The van der Waals surface area contributed by atoms with Gasteiger partial charge in [-0.1, -0.05) is 38.8 Å². The standard InChI is InChI=1S/C25H40N4O2/c1-17-8-6-10-22(19(17)3)26-24(30)16-28-12-14-29(15-13-28)21(5)25(31)27-23-11-7-9-18(2)20(23)4/h6,8,10,18,20-21,23H,7,9,11-16H2,1-5H3,(H,26,30)(H,27,31)/p+2/t18-,20-,21+,23-/m0/s1. The molecular weight excluding hydrogens is 388 g/mol. The van der Waals surface area contributed by atoms with E-state index in [1.165, 1.54) is 28.2 Å². The maximum atomic E-state index is 12.9. The van der Waals surface area contributed by atoms with E-state index in [4.69, 9.17) is 0 Å². The summed E-state index contributed by atoms with van der Waals surface area (Å²) in [7, 11) is 0. The van der Waals surface area contributed by atoms with E-state index >= 15 is 0 Å². The number of hydrogen-bond donors (Lipinski definition) is 4. The minimum absolute atomic E-state index is 0.0326. The second kappa shape index (κ2) is 10.6. The second-order valence-electron chi connectivity index (χ2n) is 9.98. The molecule has 2 fully saturated rings. The molecule has 1 heterocycles. The average Bonchev–Trinajstić information content (AvgIpc) is 2.74. The van der Waals surface area contributed by atoms with Crippen LogP contribution in [-0.2, 0) is 9.59 Å². The van der Waals surface area contributed by atoms with Crippen molar-refractivity contribution in [1.29, 1.82) is 0 Å². The molecule has 1 aromatic carbocycles. The van der Waals surface area contributed by atoms with Gasteiger partial charge in [-0.05, 0) is 56.2 Å². The largest absolute Gasteiger partial charge is 0.348 e. The molecule has 1 aliphatic heterocycles. The van der Waals surface area contributed by atoms with Crippen LogP contribution in [0.4, 0.5) is 5.69 Å². The quantitative estimate of drug-likeness (QED) is 0.526. The first-order valence-electron chi connectivity index (χ1n) is 12.1. The first-order valence-corrected chi connectivity index (χ1v) is 12.1. The number of piperazine rings is 1. The molecule has 0 radical (unpaired) electrons. The van der Waals surface area contributed by atoms with Gasteiger partial charge >= 0.3 is 0 Å². The van der Waals surface area contributed by atoms with Crippen molar-refractivity contribution in [3.8, 4) is 0 Å². The molecule has 0 bridgehead atoms. The number of hydrogen-bond acceptors (Lipinski definition) is 2. The highest BCUT2D eigenvalue weighted by molar-refractivity contribution is 5.92. The molecule has 0 spiro atoms. The van der Waals surface area contributed by atoms with Crippen LogP contribution in [0.2, 0.25) is 0 Å². The van der Waals surface area contributed by atoms with Crippen molar-refractivity contribution in [1.82, 2.24) is 5.32 Å². The number of quaternary nitrogens is 2. The number of carbonyl (C=O) groups excluding carboxylic acids is 2. The predicted octanol–water partition coefficient (Wildman–Crippen LogP) is 0.355. The third-order valence-corrected chi connectivity index (χ3v) is 7.93. The van der Waals surface area contributed by atoms with E-state index in [2.05, 4.69) is 44.4 Å². The van der Waals surface area contributed by atoms with Gasteiger partial charge in [-0.25, -0.2) is 0 Å². The summed E-state index contributed by atoms with van der Waals surface area (Å²) in [5.41, 5.74) is 3.22. The summed E-state index contributed by atoms with van der Waals surface area (Å²) in [5.74, 6) is 1.50. The zero-order chi connectivity index (χ0) is 22.5. The predicted molar refractivity (Wildman–Crippen MR) is 124 cm³/mol. The van der Waals surface area contributed by atoms with Crippen LogP contribution in [0.15, 0.2) is 18.2 Å². The van der Waals surface area contributed by atoms with E-state index in [-0.39, 0.29) is 17.9 Å². The zero-order valence-electron chi connectivity index (χ0n) is 20.0. The Kier molecular flexibility index (Phi) is 8.11. The lowest BCUT2D eigenvalue weighted by atomic mass is 9.78. The molecule has 0 unspecified atom stereocenters. The first-order chi connectivity index (χ1) is 14.8.